The Bertz CT molecular complexity index is 491. The summed E-state index contributed by atoms with van der Waals surface area (Å²) in [6.45, 7) is 0. The lowest BCUT2D eigenvalue weighted by atomic mass is 10.2. The normalized spacial score (nSPS) is 9.94. The molecule has 0 heterocycles. The molecule has 0 aliphatic carbocycles. The van der Waals surface area contributed by atoms with Crippen LogP contribution in [0.2, 0.25) is 0 Å². The molecule has 0 spiro atoms. The molecule has 0 aromatic heterocycles. The zero-order valence-corrected chi connectivity index (χ0v) is 11.3. The van der Waals surface area contributed by atoms with E-state index < -0.39 is 0 Å². The highest BCUT2D eigenvalue weighted by Gasteiger charge is 2.05. The first-order chi connectivity index (χ1) is 8.24. The van der Waals surface area contributed by atoms with Crippen LogP contribution in [0.3, 0.4) is 0 Å². The van der Waals surface area contributed by atoms with Crippen molar-refractivity contribution in [2.75, 3.05) is 0 Å². The third kappa shape index (κ3) is 3.85. The minimum atomic E-state index is -0.239. The van der Waals surface area contributed by atoms with Gasteiger partial charge in [-0.1, -0.05) is 30.3 Å². The molecule has 2 aromatic rings. The predicted molar refractivity (Wildman–Crippen MR) is 74.9 cm³/mol. The van der Waals surface area contributed by atoms with Gasteiger partial charge in [-0.25, -0.2) is 0 Å². The van der Waals surface area contributed by atoms with Crippen LogP contribution in [0.5, 0.6) is 5.75 Å². The maximum atomic E-state index is 11.6. The molecule has 2 nitrogen and oxygen atoms in total. The van der Waals surface area contributed by atoms with E-state index in [1.165, 1.54) is 0 Å². The summed E-state index contributed by atoms with van der Waals surface area (Å²) in [6.07, 6.45) is 0.297. The Morgan fingerprint density at radius 1 is 1.00 bits per heavy atom. The smallest absolute Gasteiger partial charge is 0.315 e. The number of para-hydroxylation sites is 1. The fraction of sp³-hybridized carbons (Fsp3) is 0.0714. The molecule has 0 unspecified atom stereocenters. The minimum Gasteiger partial charge on any atom is -0.426 e. The summed E-state index contributed by atoms with van der Waals surface area (Å²) in [5.74, 6) is 0.348. The average Bonchev–Trinajstić information content (AvgIpc) is 2.33. The molecular formula is C14H11IO2. The number of hydrogen-bond acceptors (Lipinski definition) is 2. The molecule has 0 bridgehead atoms. The van der Waals surface area contributed by atoms with Gasteiger partial charge in [0.1, 0.15) is 5.75 Å². The van der Waals surface area contributed by atoms with Gasteiger partial charge >= 0.3 is 5.97 Å². The topological polar surface area (TPSA) is 26.3 Å². The molecular weight excluding hydrogens is 327 g/mol. The highest BCUT2D eigenvalue weighted by atomic mass is 127. The number of ether oxygens (including phenoxy) is 1. The Morgan fingerprint density at radius 2 is 1.65 bits per heavy atom. The Kier molecular flexibility index (Phi) is 4.14. The van der Waals surface area contributed by atoms with Crippen LogP contribution in [0.15, 0.2) is 54.6 Å². The first-order valence-electron chi connectivity index (χ1n) is 5.24. The number of rotatable bonds is 3. The first-order valence-corrected chi connectivity index (χ1v) is 6.32. The second-order valence-corrected chi connectivity index (χ2v) is 4.84. The van der Waals surface area contributed by atoms with E-state index in [1.54, 1.807) is 12.1 Å². The van der Waals surface area contributed by atoms with E-state index in [9.17, 15) is 4.79 Å². The minimum absolute atomic E-state index is 0.239. The second kappa shape index (κ2) is 5.82. The number of halogens is 1. The maximum absolute atomic E-state index is 11.6. The maximum Gasteiger partial charge on any atom is 0.315 e. The summed E-state index contributed by atoms with van der Waals surface area (Å²) in [7, 11) is 0. The van der Waals surface area contributed by atoms with Gasteiger partial charge in [-0.15, -0.1) is 0 Å². The summed E-state index contributed by atoms with van der Waals surface area (Å²) in [5, 5.41) is 0. The highest BCUT2D eigenvalue weighted by Crippen LogP contribution is 2.11. The van der Waals surface area contributed by atoms with Crippen LogP contribution in [-0.4, -0.2) is 5.97 Å². The van der Waals surface area contributed by atoms with Crippen molar-refractivity contribution >= 4 is 28.6 Å². The van der Waals surface area contributed by atoms with Crippen LogP contribution in [0.4, 0.5) is 0 Å². The van der Waals surface area contributed by atoms with E-state index in [4.69, 9.17) is 4.74 Å². The summed E-state index contributed by atoms with van der Waals surface area (Å²) in [5.41, 5.74) is 0.964. The highest BCUT2D eigenvalue weighted by molar-refractivity contribution is 14.1. The molecule has 0 amide bonds. The van der Waals surface area contributed by atoms with Crippen LogP contribution in [-0.2, 0) is 11.2 Å². The van der Waals surface area contributed by atoms with Crippen molar-refractivity contribution < 1.29 is 9.53 Å². The lowest BCUT2D eigenvalue weighted by Gasteiger charge is -2.04. The van der Waals surface area contributed by atoms with Crippen LogP contribution in [0.1, 0.15) is 5.56 Å². The Hall–Kier alpha value is -1.36. The van der Waals surface area contributed by atoms with Gasteiger partial charge in [0.05, 0.1) is 6.42 Å². The molecule has 0 saturated heterocycles. The second-order valence-electron chi connectivity index (χ2n) is 3.59. The van der Waals surface area contributed by atoms with E-state index in [0.717, 1.165) is 9.13 Å². The van der Waals surface area contributed by atoms with E-state index in [2.05, 4.69) is 22.6 Å². The van der Waals surface area contributed by atoms with Crippen molar-refractivity contribution in [3.05, 3.63) is 63.7 Å². The summed E-state index contributed by atoms with van der Waals surface area (Å²) in [4.78, 5) is 11.6. The van der Waals surface area contributed by atoms with Gasteiger partial charge in [0.15, 0.2) is 0 Å². The molecule has 0 aliphatic heterocycles. The number of benzene rings is 2. The Morgan fingerprint density at radius 3 is 2.29 bits per heavy atom. The monoisotopic (exact) mass is 338 g/mol. The fourth-order valence-corrected chi connectivity index (χ4v) is 1.78. The lowest BCUT2D eigenvalue weighted by molar-refractivity contribution is -0.133. The van der Waals surface area contributed by atoms with Crippen LogP contribution in [0.25, 0.3) is 0 Å². The van der Waals surface area contributed by atoms with Gasteiger partial charge in [0.2, 0.25) is 0 Å². The largest absolute Gasteiger partial charge is 0.426 e. The molecule has 0 saturated carbocycles. The predicted octanol–water partition coefficient (Wildman–Crippen LogP) is 3.44. The van der Waals surface area contributed by atoms with Crippen molar-refractivity contribution in [1.29, 1.82) is 0 Å². The van der Waals surface area contributed by atoms with Gasteiger partial charge in [-0.05, 0) is 52.4 Å². The molecule has 0 N–H and O–H groups in total. The molecule has 0 fully saturated rings. The number of carbonyl (C=O) groups is 1. The third-order valence-corrected chi connectivity index (χ3v) is 2.96. The molecule has 0 atom stereocenters. The van der Waals surface area contributed by atoms with Crippen molar-refractivity contribution in [2.45, 2.75) is 6.42 Å². The van der Waals surface area contributed by atoms with Gasteiger partial charge in [-0.2, -0.15) is 0 Å². The third-order valence-electron chi connectivity index (χ3n) is 2.24. The molecule has 86 valence electrons. The summed E-state index contributed by atoms with van der Waals surface area (Å²) >= 11 is 2.23. The van der Waals surface area contributed by atoms with E-state index in [-0.39, 0.29) is 5.97 Å². The molecule has 0 radical (unpaired) electrons. The molecule has 0 aliphatic rings. The number of esters is 1. The van der Waals surface area contributed by atoms with E-state index in [1.807, 2.05) is 42.5 Å². The molecule has 2 aromatic carbocycles. The zero-order valence-electron chi connectivity index (χ0n) is 9.10. The van der Waals surface area contributed by atoms with E-state index >= 15 is 0 Å². The summed E-state index contributed by atoms with van der Waals surface area (Å²) in [6, 6.07) is 16.9. The standard InChI is InChI=1S/C14H11IO2/c15-12-8-6-11(7-9-12)10-14(16)17-13-4-2-1-3-5-13/h1-9H,10H2. The lowest BCUT2D eigenvalue weighted by Crippen LogP contribution is -2.11. The van der Waals surface area contributed by atoms with E-state index in [0.29, 0.717) is 12.2 Å². The van der Waals surface area contributed by atoms with Crippen molar-refractivity contribution in [1.82, 2.24) is 0 Å². The van der Waals surface area contributed by atoms with Gasteiger partial charge in [0.25, 0.3) is 0 Å². The van der Waals surface area contributed by atoms with Crippen LogP contribution < -0.4 is 4.74 Å². The van der Waals surface area contributed by atoms with Crippen LogP contribution >= 0.6 is 22.6 Å². The van der Waals surface area contributed by atoms with Crippen molar-refractivity contribution in [3.63, 3.8) is 0 Å². The van der Waals surface area contributed by atoms with Crippen molar-refractivity contribution in [2.24, 2.45) is 0 Å². The molecule has 2 rings (SSSR count). The molecule has 17 heavy (non-hydrogen) atoms. The Labute approximate surface area is 114 Å². The van der Waals surface area contributed by atoms with Gasteiger partial charge < -0.3 is 4.74 Å². The fourth-order valence-electron chi connectivity index (χ4n) is 1.42. The molecule has 3 heteroatoms. The number of carbonyl (C=O) groups excluding carboxylic acids is 1. The van der Waals surface area contributed by atoms with Gasteiger partial charge in [-0.3, -0.25) is 4.79 Å². The summed E-state index contributed by atoms with van der Waals surface area (Å²) < 4.78 is 6.36. The SMILES string of the molecule is O=C(Cc1ccc(I)cc1)Oc1ccccc1. The zero-order chi connectivity index (χ0) is 12.1. The van der Waals surface area contributed by atoms with Crippen molar-refractivity contribution in [3.8, 4) is 5.75 Å². The average molecular weight is 338 g/mol. The quantitative estimate of drug-likeness (QED) is 0.487. The first kappa shape index (κ1) is 12.1. The van der Waals surface area contributed by atoms with Crippen LogP contribution in [0, 0.1) is 3.57 Å². The Balaban J connectivity index is 1.96. The van der Waals surface area contributed by atoms with Gasteiger partial charge in [0, 0.05) is 3.57 Å². The number of hydrogen-bond donors (Lipinski definition) is 0.